The van der Waals surface area contributed by atoms with Gasteiger partial charge in [-0.15, -0.1) is 0 Å². The zero-order valence-corrected chi connectivity index (χ0v) is 11.6. The lowest BCUT2D eigenvalue weighted by atomic mass is 10.1. The van der Waals surface area contributed by atoms with Crippen molar-refractivity contribution >= 4 is 21.8 Å². The summed E-state index contributed by atoms with van der Waals surface area (Å²) in [5.41, 5.74) is 2.56. The van der Waals surface area contributed by atoms with Crippen LogP contribution in [0, 0.1) is 6.92 Å². The fraction of sp³-hybridized carbons (Fsp3) is 0.462. The van der Waals surface area contributed by atoms with Crippen LogP contribution in [0.1, 0.15) is 25.0 Å². The highest BCUT2D eigenvalue weighted by Crippen LogP contribution is 2.15. The third-order valence-electron chi connectivity index (χ3n) is 2.48. The molecule has 0 atom stereocenters. The molecule has 0 aromatic heterocycles. The number of benzene rings is 1. The molecule has 1 N–H and O–H groups in total. The van der Waals surface area contributed by atoms with Crippen molar-refractivity contribution in [2.45, 2.75) is 31.5 Å². The number of hydrogen-bond acceptors (Lipinski definition) is 1. The average Bonchev–Trinajstić information content (AvgIpc) is 2.19. The minimum Gasteiger partial charge on any atom is -0.355 e. The molecule has 16 heavy (non-hydrogen) atoms. The fourth-order valence-electron chi connectivity index (χ4n) is 1.41. The van der Waals surface area contributed by atoms with Crippen LogP contribution in [0.25, 0.3) is 0 Å². The first-order valence-corrected chi connectivity index (χ1v) is 6.22. The van der Waals surface area contributed by atoms with E-state index in [9.17, 15) is 4.79 Å². The number of hydrogen-bond donors (Lipinski definition) is 1. The number of alkyl halides is 1. The van der Waals surface area contributed by atoms with E-state index in [1.165, 1.54) is 11.1 Å². The van der Waals surface area contributed by atoms with Gasteiger partial charge >= 0.3 is 0 Å². The zero-order chi connectivity index (χ0) is 12.2. The third-order valence-corrected chi connectivity index (χ3v) is 2.84. The van der Waals surface area contributed by atoms with Gasteiger partial charge in [-0.1, -0.05) is 40.2 Å². The Labute approximate surface area is 106 Å². The molecule has 0 aliphatic carbocycles. The molecule has 0 fully saturated rings. The summed E-state index contributed by atoms with van der Waals surface area (Å²) in [4.78, 5) is 11.6. The van der Waals surface area contributed by atoms with Gasteiger partial charge in [0.05, 0.1) is 4.32 Å². The van der Waals surface area contributed by atoms with Gasteiger partial charge in [0.2, 0.25) is 5.91 Å². The molecule has 0 saturated heterocycles. The van der Waals surface area contributed by atoms with Crippen LogP contribution in [0.5, 0.6) is 0 Å². The highest BCUT2D eigenvalue weighted by atomic mass is 79.9. The second kappa shape index (κ2) is 5.48. The summed E-state index contributed by atoms with van der Waals surface area (Å²) >= 11 is 3.33. The Balaban J connectivity index is 2.43. The molecule has 0 aliphatic heterocycles. The van der Waals surface area contributed by atoms with Crippen LogP contribution in [0.3, 0.4) is 0 Å². The van der Waals surface area contributed by atoms with Gasteiger partial charge in [-0.3, -0.25) is 4.79 Å². The second-order valence-electron chi connectivity index (χ2n) is 4.40. The maximum Gasteiger partial charge on any atom is 0.236 e. The van der Waals surface area contributed by atoms with Crippen molar-refractivity contribution in [3.05, 3.63) is 35.4 Å². The van der Waals surface area contributed by atoms with Crippen LogP contribution in [-0.4, -0.2) is 16.8 Å². The predicted octanol–water partition coefficient (Wildman–Crippen LogP) is 2.83. The average molecular weight is 284 g/mol. The number of aryl methyl sites for hydroxylation is 1. The molecule has 0 bridgehead atoms. The summed E-state index contributed by atoms with van der Waals surface area (Å²) < 4.78 is -0.487. The highest BCUT2D eigenvalue weighted by Gasteiger charge is 2.22. The molecule has 88 valence electrons. The summed E-state index contributed by atoms with van der Waals surface area (Å²) in [7, 11) is 0. The molecule has 2 nitrogen and oxygen atoms in total. The lowest BCUT2D eigenvalue weighted by Crippen LogP contribution is -2.38. The molecular weight excluding hydrogens is 266 g/mol. The Kier molecular flexibility index (Phi) is 4.54. The number of rotatable bonds is 4. The molecule has 0 aliphatic rings. The van der Waals surface area contributed by atoms with Crippen LogP contribution >= 0.6 is 15.9 Å². The van der Waals surface area contributed by atoms with E-state index in [1.807, 2.05) is 26.0 Å². The van der Waals surface area contributed by atoms with Crippen LogP contribution in [0.4, 0.5) is 0 Å². The number of nitrogens with one attached hydrogen (secondary N) is 1. The smallest absolute Gasteiger partial charge is 0.236 e. The Morgan fingerprint density at radius 3 is 2.56 bits per heavy atom. The van der Waals surface area contributed by atoms with Gasteiger partial charge in [0.1, 0.15) is 0 Å². The van der Waals surface area contributed by atoms with Crippen molar-refractivity contribution in [2.24, 2.45) is 0 Å². The van der Waals surface area contributed by atoms with Gasteiger partial charge in [0.25, 0.3) is 0 Å². The molecule has 0 radical (unpaired) electrons. The molecule has 1 aromatic rings. The molecule has 1 rings (SSSR count). The monoisotopic (exact) mass is 283 g/mol. The molecule has 1 aromatic carbocycles. The molecular formula is C13H18BrNO. The van der Waals surface area contributed by atoms with E-state index in [0.29, 0.717) is 6.54 Å². The van der Waals surface area contributed by atoms with E-state index in [1.54, 1.807) is 0 Å². The van der Waals surface area contributed by atoms with E-state index in [2.05, 4.69) is 40.3 Å². The first-order valence-electron chi connectivity index (χ1n) is 5.43. The van der Waals surface area contributed by atoms with Crippen molar-refractivity contribution in [1.29, 1.82) is 0 Å². The third kappa shape index (κ3) is 3.97. The Morgan fingerprint density at radius 1 is 1.38 bits per heavy atom. The SMILES string of the molecule is Cc1ccccc1CCNC(=O)C(C)(C)Br. The van der Waals surface area contributed by atoms with Gasteiger partial charge in [0.15, 0.2) is 0 Å². The van der Waals surface area contributed by atoms with E-state index >= 15 is 0 Å². The summed E-state index contributed by atoms with van der Waals surface area (Å²) in [6, 6.07) is 8.24. The highest BCUT2D eigenvalue weighted by molar-refractivity contribution is 9.10. The quantitative estimate of drug-likeness (QED) is 0.846. The largest absolute Gasteiger partial charge is 0.355 e. The Morgan fingerprint density at radius 2 is 2.00 bits per heavy atom. The Bertz CT molecular complexity index is 368. The van der Waals surface area contributed by atoms with Crippen LogP contribution < -0.4 is 5.32 Å². The van der Waals surface area contributed by atoms with Crippen molar-refractivity contribution in [1.82, 2.24) is 5.32 Å². The van der Waals surface area contributed by atoms with Crippen LogP contribution in [0.2, 0.25) is 0 Å². The summed E-state index contributed by atoms with van der Waals surface area (Å²) in [6.45, 7) is 6.45. The standard InChI is InChI=1S/C13H18BrNO/c1-10-6-4-5-7-11(10)8-9-15-12(16)13(2,3)14/h4-7H,8-9H2,1-3H3,(H,15,16). The minimum absolute atomic E-state index is 0.0288. The number of amides is 1. The van der Waals surface area contributed by atoms with Gasteiger partial charge < -0.3 is 5.32 Å². The number of carbonyl (C=O) groups excluding carboxylic acids is 1. The summed E-state index contributed by atoms with van der Waals surface area (Å²) in [6.07, 6.45) is 0.876. The molecule has 0 heterocycles. The first-order chi connectivity index (χ1) is 7.41. The Hall–Kier alpha value is -0.830. The van der Waals surface area contributed by atoms with Crippen molar-refractivity contribution in [3.63, 3.8) is 0 Å². The molecule has 0 unspecified atom stereocenters. The van der Waals surface area contributed by atoms with E-state index in [0.717, 1.165) is 6.42 Å². The zero-order valence-electron chi connectivity index (χ0n) is 10.0. The van der Waals surface area contributed by atoms with Gasteiger partial charge in [-0.25, -0.2) is 0 Å². The normalized spacial score (nSPS) is 11.2. The number of carbonyl (C=O) groups is 1. The van der Waals surface area contributed by atoms with Gasteiger partial charge in [-0.2, -0.15) is 0 Å². The van der Waals surface area contributed by atoms with Crippen LogP contribution in [-0.2, 0) is 11.2 Å². The van der Waals surface area contributed by atoms with Crippen molar-refractivity contribution in [3.8, 4) is 0 Å². The maximum absolute atomic E-state index is 11.6. The molecule has 3 heteroatoms. The van der Waals surface area contributed by atoms with E-state index in [4.69, 9.17) is 0 Å². The second-order valence-corrected chi connectivity index (χ2v) is 6.39. The molecule has 0 saturated carbocycles. The maximum atomic E-state index is 11.6. The van der Waals surface area contributed by atoms with E-state index < -0.39 is 4.32 Å². The van der Waals surface area contributed by atoms with Crippen molar-refractivity contribution in [2.75, 3.05) is 6.54 Å². The topological polar surface area (TPSA) is 29.1 Å². The molecule has 0 spiro atoms. The van der Waals surface area contributed by atoms with E-state index in [-0.39, 0.29) is 5.91 Å². The van der Waals surface area contributed by atoms with Gasteiger partial charge in [-0.05, 0) is 38.3 Å². The first kappa shape index (κ1) is 13.2. The van der Waals surface area contributed by atoms with Crippen LogP contribution in [0.15, 0.2) is 24.3 Å². The lowest BCUT2D eigenvalue weighted by Gasteiger charge is -2.16. The summed E-state index contributed by atoms with van der Waals surface area (Å²) in [5, 5.41) is 2.91. The minimum atomic E-state index is -0.487. The van der Waals surface area contributed by atoms with Crippen molar-refractivity contribution < 1.29 is 4.79 Å². The number of halogens is 1. The predicted molar refractivity (Wildman–Crippen MR) is 70.9 cm³/mol. The summed E-state index contributed by atoms with van der Waals surface area (Å²) in [5.74, 6) is 0.0288. The fourth-order valence-corrected chi connectivity index (χ4v) is 1.55. The lowest BCUT2D eigenvalue weighted by molar-refractivity contribution is -0.122. The van der Waals surface area contributed by atoms with Gasteiger partial charge in [0, 0.05) is 6.54 Å². The molecule has 1 amide bonds.